The number of morpholine rings is 1. The third-order valence-corrected chi connectivity index (χ3v) is 4.45. The number of ketones is 1. The van der Waals surface area contributed by atoms with Crippen molar-refractivity contribution in [2.75, 3.05) is 19.7 Å². The zero-order chi connectivity index (χ0) is 14.5. The first kappa shape index (κ1) is 14.7. The lowest BCUT2D eigenvalue weighted by atomic mass is 9.96. The summed E-state index contributed by atoms with van der Waals surface area (Å²) < 4.78 is 7.65. The molecule has 0 bridgehead atoms. The summed E-state index contributed by atoms with van der Waals surface area (Å²) >= 11 is 0. The molecular weight excluding hydrogens is 266 g/mol. The van der Waals surface area contributed by atoms with Crippen molar-refractivity contribution in [3.8, 4) is 0 Å². The van der Waals surface area contributed by atoms with E-state index in [9.17, 15) is 4.79 Å². The van der Waals surface area contributed by atoms with Crippen LogP contribution in [0.3, 0.4) is 0 Å². The minimum atomic E-state index is 0.0340. The molecule has 5 heteroatoms. The van der Waals surface area contributed by atoms with Gasteiger partial charge in [-0.05, 0) is 18.9 Å². The number of hydrogen-bond acceptors (Lipinski definition) is 4. The van der Waals surface area contributed by atoms with E-state index >= 15 is 0 Å². The molecule has 2 fully saturated rings. The molecule has 1 aromatic rings. The van der Waals surface area contributed by atoms with Crippen LogP contribution in [0.5, 0.6) is 0 Å². The van der Waals surface area contributed by atoms with E-state index in [2.05, 4.69) is 15.1 Å². The van der Waals surface area contributed by atoms with Gasteiger partial charge in [0.2, 0.25) is 0 Å². The Labute approximate surface area is 126 Å². The third kappa shape index (κ3) is 4.14. The van der Waals surface area contributed by atoms with Gasteiger partial charge in [0, 0.05) is 25.7 Å². The molecule has 0 amide bonds. The Morgan fingerprint density at radius 1 is 1.38 bits per heavy atom. The second-order valence-corrected chi connectivity index (χ2v) is 6.20. The van der Waals surface area contributed by atoms with Crippen LogP contribution in [-0.2, 0) is 16.0 Å². The number of nitrogens with zero attached hydrogens (tertiary/aromatic N) is 2. The molecular formula is C16H25N3O2. The smallest absolute Gasteiger partial charge is 0.141 e. The molecule has 1 unspecified atom stereocenters. The van der Waals surface area contributed by atoms with Gasteiger partial charge in [0.15, 0.2) is 0 Å². The largest absolute Gasteiger partial charge is 0.375 e. The molecule has 1 aliphatic carbocycles. The Bertz CT molecular complexity index is 460. The third-order valence-electron chi connectivity index (χ3n) is 4.45. The SMILES string of the molecule is O=C(Cc1ccn(C2CCCCC2)n1)CC1CNCCO1. The van der Waals surface area contributed by atoms with Crippen molar-refractivity contribution in [3.63, 3.8) is 0 Å². The van der Waals surface area contributed by atoms with Crippen LogP contribution in [0.25, 0.3) is 0 Å². The molecule has 1 N–H and O–H groups in total. The predicted octanol–water partition coefficient (Wildman–Crippen LogP) is 1.88. The van der Waals surface area contributed by atoms with Gasteiger partial charge in [-0.15, -0.1) is 0 Å². The fourth-order valence-electron chi connectivity index (χ4n) is 3.30. The number of Topliss-reactive ketones (excluding diaryl/α,β-unsaturated/α-hetero) is 1. The highest BCUT2D eigenvalue weighted by Crippen LogP contribution is 2.27. The van der Waals surface area contributed by atoms with Gasteiger partial charge in [-0.3, -0.25) is 9.48 Å². The van der Waals surface area contributed by atoms with Crippen LogP contribution in [-0.4, -0.2) is 41.4 Å². The van der Waals surface area contributed by atoms with Gasteiger partial charge < -0.3 is 10.1 Å². The van der Waals surface area contributed by atoms with E-state index in [1.54, 1.807) is 0 Å². The van der Waals surface area contributed by atoms with Crippen LogP contribution in [0.2, 0.25) is 0 Å². The molecule has 1 aliphatic heterocycles. The second-order valence-electron chi connectivity index (χ2n) is 6.20. The summed E-state index contributed by atoms with van der Waals surface area (Å²) in [5.41, 5.74) is 0.898. The molecule has 0 spiro atoms. The van der Waals surface area contributed by atoms with Gasteiger partial charge >= 0.3 is 0 Å². The van der Waals surface area contributed by atoms with Gasteiger partial charge in [0.05, 0.1) is 30.9 Å². The molecule has 1 saturated carbocycles. The van der Waals surface area contributed by atoms with E-state index in [-0.39, 0.29) is 11.9 Å². The Balaban J connectivity index is 1.50. The summed E-state index contributed by atoms with van der Waals surface area (Å²) in [5, 5.41) is 7.86. The van der Waals surface area contributed by atoms with Gasteiger partial charge in [-0.25, -0.2) is 0 Å². The minimum absolute atomic E-state index is 0.0340. The Morgan fingerprint density at radius 3 is 3.00 bits per heavy atom. The van der Waals surface area contributed by atoms with Crippen molar-refractivity contribution in [1.82, 2.24) is 15.1 Å². The van der Waals surface area contributed by atoms with E-state index in [1.165, 1.54) is 32.1 Å². The lowest BCUT2D eigenvalue weighted by molar-refractivity contribution is -0.121. The Kier molecular flexibility index (Phi) is 5.04. The first-order valence-corrected chi connectivity index (χ1v) is 8.19. The lowest BCUT2D eigenvalue weighted by Gasteiger charge is -2.23. The molecule has 3 rings (SSSR count). The normalized spacial score (nSPS) is 24.1. The van der Waals surface area contributed by atoms with Crippen molar-refractivity contribution < 1.29 is 9.53 Å². The summed E-state index contributed by atoms with van der Waals surface area (Å²) in [7, 11) is 0. The van der Waals surface area contributed by atoms with Crippen molar-refractivity contribution in [2.24, 2.45) is 0 Å². The van der Waals surface area contributed by atoms with Crippen LogP contribution in [0, 0.1) is 0 Å². The van der Waals surface area contributed by atoms with E-state index in [4.69, 9.17) is 4.74 Å². The summed E-state index contributed by atoms with van der Waals surface area (Å²) in [5.74, 6) is 0.220. The van der Waals surface area contributed by atoms with Crippen LogP contribution in [0.1, 0.15) is 50.3 Å². The Hall–Kier alpha value is -1.20. The maximum Gasteiger partial charge on any atom is 0.141 e. The lowest BCUT2D eigenvalue weighted by Crippen LogP contribution is -2.39. The van der Waals surface area contributed by atoms with Crippen molar-refractivity contribution in [2.45, 2.75) is 57.1 Å². The molecule has 2 heterocycles. The zero-order valence-corrected chi connectivity index (χ0v) is 12.6. The van der Waals surface area contributed by atoms with Crippen LogP contribution >= 0.6 is 0 Å². The number of nitrogens with one attached hydrogen (secondary N) is 1. The minimum Gasteiger partial charge on any atom is -0.375 e. The molecule has 0 aromatic carbocycles. The summed E-state index contributed by atoms with van der Waals surface area (Å²) in [6, 6.07) is 2.53. The second kappa shape index (κ2) is 7.18. The highest BCUT2D eigenvalue weighted by molar-refractivity contribution is 5.80. The quantitative estimate of drug-likeness (QED) is 0.900. The average molecular weight is 291 g/mol. The fourth-order valence-corrected chi connectivity index (χ4v) is 3.30. The number of ether oxygens (including phenoxy) is 1. The van der Waals surface area contributed by atoms with Crippen molar-refractivity contribution >= 4 is 5.78 Å². The van der Waals surface area contributed by atoms with Crippen molar-refractivity contribution in [1.29, 1.82) is 0 Å². The Morgan fingerprint density at radius 2 is 2.24 bits per heavy atom. The van der Waals surface area contributed by atoms with E-state index in [0.717, 1.165) is 18.8 Å². The summed E-state index contributed by atoms with van der Waals surface area (Å²) in [4.78, 5) is 12.1. The first-order valence-electron chi connectivity index (χ1n) is 8.19. The molecule has 5 nitrogen and oxygen atoms in total. The molecule has 2 aliphatic rings. The molecule has 1 saturated heterocycles. The van der Waals surface area contributed by atoms with Gasteiger partial charge in [0.25, 0.3) is 0 Å². The van der Waals surface area contributed by atoms with Gasteiger partial charge in [0.1, 0.15) is 5.78 Å². The maximum absolute atomic E-state index is 12.1. The number of carbonyl (C=O) groups is 1. The average Bonchev–Trinajstić information content (AvgIpc) is 2.97. The number of hydrogen-bond donors (Lipinski definition) is 1. The van der Waals surface area contributed by atoms with Gasteiger partial charge in [-0.2, -0.15) is 5.10 Å². The molecule has 21 heavy (non-hydrogen) atoms. The predicted molar refractivity (Wildman–Crippen MR) is 80.3 cm³/mol. The maximum atomic E-state index is 12.1. The zero-order valence-electron chi connectivity index (χ0n) is 12.6. The van der Waals surface area contributed by atoms with E-state index in [0.29, 0.717) is 25.5 Å². The van der Waals surface area contributed by atoms with Crippen LogP contribution in [0.4, 0.5) is 0 Å². The standard InChI is InChI=1S/C16H25N3O2/c20-15(11-16-12-17-7-9-21-16)10-13-6-8-19(18-13)14-4-2-1-3-5-14/h6,8,14,16-17H,1-5,7,9-12H2. The van der Waals surface area contributed by atoms with Crippen molar-refractivity contribution in [3.05, 3.63) is 18.0 Å². The molecule has 116 valence electrons. The van der Waals surface area contributed by atoms with E-state index < -0.39 is 0 Å². The summed E-state index contributed by atoms with van der Waals surface area (Å²) in [6.07, 6.45) is 9.37. The van der Waals surface area contributed by atoms with Crippen LogP contribution in [0.15, 0.2) is 12.3 Å². The van der Waals surface area contributed by atoms with E-state index in [1.807, 2.05) is 12.3 Å². The molecule has 0 radical (unpaired) electrons. The topological polar surface area (TPSA) is 56.2 Å². The highest BCUT2D eigenvalue weighted by Gasteiger charge is 2.19. The first-order chi connectivity index (χ1) is 10.3. The molecule has 1 aromatic heterocycles. The number of carbonyl (C=O) groups excluding carboxylic acids is 1. The van der Waals surface area contributed by atoms with Crippen LogP contribution < -0.4 is 5.32 Å². The fraction of sp³-hybridized carbons (Fsp3) is 0.750. The highest BCUT2D eigenvalue weighted by atomic mass is 16.5. The van der Waals surface area contributed by atoms with Gasteiger partial charge in [-0.1, -0.05) is 19.3 Å². The summed E-state index contributed by atoms with van der Waals surface area (Å²) in [6.45, 7) is 2.37. The molecule has 1 atom stereocenters. The monoisotopic (exact) mass is 291 g/mol. The number of aromatic nitrogens is 2. The number of rotatable bonds is 5.